The smallest absolute Gasteiger partial charge is 0.324 e. The summed E-state index contributed by atoms with van der Waals surface area (Å²) in [5, 5.41) is 6.59. The van der Waals surface area contributed by atoms with Crippen LogP contribution in [0.1, 0.15) is 35.7 Å². The van der Waals surface area contributed by atoms with Crippen LogP contribution >= 0.6 is 0 Å². The van der Waals surface area contributed by atoms with Crippen molar-refractivity contribution in [2.24, 2.45) is 0 Å². The first kappa shape index (κ1) is 19.9. The number of hydrogen-bond donors (Lipinski definition) is 1. The minimum Gasteiger partial charge on any atom is -0.338 e. The Labute approximate surface area is 172 Å². The molecule has 0 unspecified atom stereocenters. The Morgan fingerprint density at radius 1 is 1.20 bits per heavy atom. The van der Waals surface area contributed by atoms with E-state index in [2.05, 4.69) is 20.4 Å². The molecule has 1 fully saturated rings. The summed E-state index contributed by atoms with van der Waals surface area (Å²) in [6.45, 7) is 4.72. The maximum Gasteiger partial charge on any atom is 0.324 e. The zero-order chi connectivity index (χ0) is 21.3. The molecule has 7 nitrogen and oxygen atoms in total. The molecular formula is C21H21F2N5O2. The molecule has 1 aliphatic heterocycles. The van der Waals surface area contributed by atoms with Gasteiger partial charge in [0.15, 0.2) is 17.5 Å². The van der Waals surface area contributed by atoms with Crippen molar-refractivity contribution in [3.8, 4) is 11.4 Å². The summed E-state index contributed by atoms with van der Waals surface area (Å²) in [5.41, 5.74) is 2.33. The van der Waals surface area contributed by atoms with E-state index in [1.807, 2.05) is 13.8 Å². The lowest BCUT2D eigenvalue weighted by atomic mass is 9.93. The van der Waals surface area contributed by atoms with Gasteiger partial charge in [-0.3, -0.25) is 5.32 Å². The molecule has 1 saturated heterocycles. The first-order valence-corrected chi connectivity index (χ1v) is 9.70. The first-order chi connectivity index (χ1) is 14.4. The minimum absolute atomic E-state index is 0.0337. The Hall–Kier alpha value is -3.36. The number of rotatable bonds is 3. The predicted molar refractivity (Wildman–Crippen MR) is 106 cm³/mol. The van der Waals surface area contributed by atoms with Crippen LogP contribution in [-0.4, -0.2) is 39.1 Å². The Morgan fingerprint density at radius 2 is 1.97 bits per heavy atom. The molecule has 0 spiro atoms. The van der Waals surface area contributed by atoms with Gasteiger partial charge in [-0.15, -0.1) is 0 Å². The fourth-order valence-corrected chi connectivity index (χ4v) is 3.49. The monoisotopic (exact) mass is 413 g/mol. The van der Waals surface area contributed by atoms with E-state index in [0.717, 1.165) is 23.0 Å². The van der Waals surface area contributed by atoms with E-state index in [-0.39, 0.29) is 23.3 Å². The lowest BCUT2D eigenvalue weighted by Crippen LogP contribution is -2.40. The van der Waals surface area contributed by atoms with Crippen LogP contribution in [0.5, 0.6) is 0 Å². The summed E-state index contributed by atoms with van der Waals surface area (Å²) < 4.78 is 32.8. The zero-order valence-electron chi connectivity index (χ0n) is 16.7. The van der Waals surface area contributed by atoms with Crippen molar-refractivity contribution in [1.29, 1.82) is 0 Å². The highest BCUT2D eigenvalue weighted by Gasteiger charge is 2.26. The molecule has 0 atom stereocenters. The average molecular weight is 413 g/mol. The second-order valence-electron chi connectivity index (χ2n) is 7.32. The zero-order valence-corrected chi connectivity index (χ0v) is 16.7. The molecule has 30 heavy (non-hydrogen) atoms. The van der Waals surface area contributed by atoms with E-state index in [0.29, 0.717) is 31.8 Å². The topological polar surface area (TPSA) is 84.2 Å². The molecule has 1 aliphatic rings. The third-order valence-corrected chi connectivity index (χ3v) is 5.45. The van der Waals surface area contributed by atoms with E-state index < -0.39 is 11.6 Å². The summed E-state index contributed by atoms with van der Waals surface area (Å²) in [4.78, 5) is 22.8. The van der Waals surface area contributed by atoms with Crippen LogP contribution in [0.3, 0.4) is 0 Å². The summed E-state index contributed by atoms with van der Waals surface area (Å²) in [6.07, 6.45) is 2.95. The number of urea groups is 1. The Balaban J connectivity index is 1.42. The number of amides is 2. The Morgan fingerprint density at radius 3 is 2.67 bits per heavy atom. The van der Waals surface area contributed by atoms with Crippen molar-refractivity contribution in [2.45, 2.75) is 32.6 Å². The lowest BCUT2D eigenvalue weighted by Gasteiger charge is -2.31. The predicted octanol–water partition coefficient (Wildman–Crippen LogP) is 4.44. The quantitative estimate of drug-likeness (QED) is 0.686. The standard InChI is InChI=1S/C21H21F2N5O2/c1-12-13(2)27-30-20(12)26-21(29)28-10-7-14(8-11-28)17-6-9-24-19(25-17)15-4-3-5-16(22)18(15)23/h3-6,9,14H,7-8,10-11H2,1-2H3,(H,26,29). The van der Waals surface area contributed by atoms with Gasteiger partial charge in [-0.25, -0.2) is 23.5 Å². The van der Waals surface area contributed by atoms with Gasteiger partial charge < -0.3 is 9.42 Å². The molecule has 4 rings (SSSR count). The fraction of sp³-hybridized carbons (Fsp3) is 0.333. The van der Waals surface area contributed by atoms with Crippen LogP contribution in [0.4, 0.5) is 19.5 Å². The number of aromatic nitrogens is 3. The summed E-state index contributed by atoms with van der Waals surface area (Å²) >= 11 is 0. The molecule has 0 saturated carbocycles. The van der Waals surface area contributed by atoms with E-state index in [9.17, 15) is 13.6 Å². The molecule has 0 bridgehead atoms. The van der Waals surface area contributed by atoms with Gasteiger partial charge in [-0.05, 0) is 44.9 Å². The number of nitrogens with zero attached hydrogens (tertiary/aromatic N) is 4. The molecule has 3 heterocycles. The highest BCUT2D eigenvalue weighted by Crippen LogP contribution is 2.29. The van der Waals surface area contributed by atoms with Crippen LogP contribution in [0, 0.1) is 25.5 Å². The lowest BCUT2D eigenvalue weighted by molar-refractivity contribution is 0.193. The average Bonchev–Trinajstić information content (AvgIpc) is 3.08. The molecule has 1 N–H and O–H groups in total. The number of hydrogen-bond acceptors (Lipinski definition) is 5. The number of carbonyl (C=O) groups is 1. The van der Waals surface area contributed by atoms with E-state index in [1.54, 1.807) is 17.2 Å². The van der Waals surface area contributed by atoms with Gasteiger partial charge in [0.2, 0.25) is 5.88 Å². The maximum atomic E-state index is 14.1. The first-order valence-electron chi connectivity index (χ1n) is 9.70. The largest absolute Gasteiger partial charge is 0.338 e. The van der Waals surface area contributed by atoms with Crippen LogP contribution in [0.25, 0.3) is 11.4 Å². The highest BCUT2D eigenvalue weighted by molar-refractivity contribution is 5.88. The van der Waals surface area contributed by atoms with E-state index >= 15 is 0 Å². The van der Waals surface area contributed by atoms with Crippen LogP contribution in [0.2, 0.25) is 0 Å². The van der Waals surface area contributed by atoms with Crippen molar-refractivity contribution in [3.63, 3.8) is 0 Å². The van der Waals surface area contributed by atoms with Gasteiger partial charge in [0.25, 0.3) is 0 Å². The highest BCUT2D eigenvalue weighted by atomic mass is 19.2. The van der Waals surface area contributed by atoms with Gasteiger partial charge >= 0.3 is 6.03 Å². The number of benzene rings is 1. The van der Waals surface area contributed by atoms with Gasteiger partial charge in [-0.1, -0.05) is 11.2 Å². The molecular weight excluding hydrogens is 392 g/mol. The molecule has 9 heteroatoms. The minimum atomic E-state index is -0.959. The number of piperidine rings is 1. The van der Waals surface area contributed by atoms with Gasteiger partial charge in [0.1, 0.15) is 0 Å². The second kappa shape index (κ2) is 8.17. The SMILES string of the molecule is Cc1noc(NC(=O)N2CCC(c3ccnc(-c4cccc(F)c4F)n3)CC2)c1C. The molecule has 0 aliphatic carbocycles. The van der Waals surface area contributed by atoms with E-state index in [1.165, 1.54) is 12.1 Å². The maximum absolute atomic E-state index is 14.1. The molecule has 3 aromatic rings. The molecule has 0 radical (unpaired) electrons. The normalized spacial score (nSPS) is 14.7. The fourth-order valence-electron chi connectivity index (χ4n) is 3.49. The van der Waals surface area contributed by atoms with Gasteiger partial charge in [-0.2, -0.15) is 0 Å². The van der Waals surface area contributed by atoms with Gasteiger partial charge in [0.05, 0.1) is 11.3 Å². The van der Waals surface area contributed by atoms with Crippen LogP contribution in [-0.2, 0) is 0 Å². The van der Waals surface area contributed by atoms with E-state index in [4.69, 9.17) is 4.52 Å². The summed E-state index contributed by atoms with van der Waals surface area (Å²) in [6, 6.07) is 5.49. The molecule has 2 aromatic heterocycles. The number of nitrogens with one attached hydrogen (secondary N) is 1. The van der Waals surface area contributed by atoms with Crippen molar-refractivity contribution >= 4 is 11.9 Å². The number of likely N-dealkylation sites (tertiary alicyclic amines) is 1. The van der Waals surface area contributed by atoms with Crippen LogP contribution in [0.15, 0.2) is 35.0 Å². The third-order valence-electron chi connectivity index (χ3n) is 5.45. The molecule has 156 valence electrons. The molecule has 1 aromatic carbocycles. The number of halogens is 2. The Bertz CT molecular complexity index is 1080. The Kier molecular flexibility index (Phi) is 5.43. The number of carbonyl (C=O) groups excluding carboxylic acids is 1. The van der Waals surface area contributed by atoms with Crippen molar-refractivity contribution in [2.75, 3.05) is 18.4 Å². The second-order valence-corrected chi connectivity index (χ2v) is 7.32. The number of aryl methyl sites for hydroxylation is 1. The van der Waals surface area contributed by atoms with Gasteiger partial charge in [0, 0.05) is 36.5 Å². The summed E-state index contributed by atoms with van der Waals surface area (Å²) in [5.74, 6) is -1.28. The third kappa shape index (κ3) is 3.87. The van der Waals surface area contributed by atoms with Crippen molar-refractivity contribution < 1.29 is 18.1 Å². The van der Waals surface area contributed by atoms with Crippen molar-refractivity contribution in [3.05, 3.63) is 59.0 Å². The molecule has 2 amide bonds. The summed E-state index contributed by atoms with van der Waals surface area (Å²) in [7, 11) is 0. The van der Waals surface area contributed by atoms with Crippen LogP contribution < -0.4 is 5.32 Å². The number of anilines is 1. The van der Waals surface area contributed by atoms with Crippen molar-refractivity contribution in [1.82, 2.24) is 20.0 Å².